The van der Waals surface area contributed by atoms with Crippen molar-refractivity contribution in [3.8, 4) is 5.75 Å². The number of hydrogen-bond acceptors (Lipinski definition) is 3. The van der Waals surface area contributed by atoms with Crippen molar-refractivity contribution in [3.63, 3.8) is 0 Å². The molecule has 3 aromatic rings. The molecule has 0 saturated heterocycles. The van der Waals surface area contributed by atoms with E-state index in [2.05, 4.69) is 4.98 Å². The third-order valence-electron chi connectivity index (χ3n) is 2.78. The van der Waals surface area contributed by atoms with E-state index in [1.807, 2.05) is 31.2 Å². The summed E-state index contributed by atoms with van der Waals surface area (Å²) in [4.78, 5) is 4.45. The summed E-state index contributed by atoms with van der Waals surface area (Å²) in [5.41, 5.74) is 1.93. The molecule has 0 amide bonds. The first-order valence-electron chi connectivity index (χ1n) is 5.96. The maximum Gasteiger partial charge on any atom is 0.165 e. The lowest BCUT2D eigenvalue weighted by atomic mass is 10.2. The second-order valence-corrected chi connectivity index (χ2v) is 5.41. The van der Waals surface area contributed by atoms with Gasteiger partial charge < -0.3 is 4.74 Å². The lowest BCUT2D eigenvalue weighted by Gasteiger charge is -2.05. The van der Waals surface area contributed by atoms with Crippen LogP contribution in [0.15, 0.2) is 42.5 Å². The Hall–Kier alpha value is -1.94. The average Bonchev–Trinajstić information content (AvgIpc) is 2.82. The number of nitrogens with zero attached hydrogens (tertiary/aromatic N) is 1. The third kappa shape index (κ3) is 2.58. The van der Waals surface area contributed by atoms with Crippen LogP contribution in [0.3, 0.4) is 0 Å². The van der Waals surface area contributed by atoms with Crippen molar-refractivity contribution in [2.24, 2.45) is 0 Å². The zero-order chi connectivity index (χ0) is 13.2. The molecule has 0 aliphatic carbocycles. The van der Waals surface area contributed by atoms with Crippen molar-refractivity contribution >= 4 is 21.6 Å². The number of aromatic nitrogens is 1. The van der Waals surface area contributed by atoms with Crippen molar-refractivity contribution in [1.29, 1.82) is 0 Å². The first kappa shape index (κ1) is 12.1. The number of thiazole rings is 1. The Morgan fingerprint density at radius 3 is 2.89 bits per heavy atom. The summed E-state index contributed by atoms with van der Waals surface area (Å²) in [6.07, 6.45) is 0. The Labute approximate surface area is 114 Å². The molecule has 0 N–H and O–H groups in total. The highest BCUT2D eigenvalue weighted by molar-refractivity contribution is 7.18. The van der Waals surface area contributed by atoms with E-state index in [-0.39, 0.29) is 11.6 Å². The highest BCUT2D eigenvalue weighted by Crippen LogP contribution is 2.24. The number of aryl methyl sites for hydroxylation is 1. The van der Waals surface area contributed by atoms with Crippen molar-refractivity contribution in [1.82, 2.24) is 4.98 Å². The summed E-state index contributed by atoms with van der Waals surface area (Å²) >= 11 is 1.57. The summed E-state index contributed by atoms with van der Waals surface area (Å²) in [7, 11) is 0. The van der Waals surface area contributed by atoms with E-state index in [1.54, 1.807) is 23.5 Å². The number of ether oxygens (including phenoxy) is 1. The largest absolute Gasteiger partial charge is 0.483 e. The van der Waals surface area contributed by atoms with Gasteiger partial charge in [0.05, 0.1) is 10.2 Å². The summed E-state index contributed by atoms with van der Waals surface area (Å²) in [6, 6.07) is 12.7. The molecular formula is C15H12FNOS. The first-order valence-corrected chi connectivity index (χ1v) is 6.77. The Bertz CT molecular complexity index is 690. The number of benzene rings is 2. The quantitative estimate of drug-likeness (QED) is 0.709. The number of hydrogen-bond donors (Lipinski definition) is 0. The molecule has 0 bridgehead atoms. The van der Waals surface area contributed by atoms with Crippen LogP contribution < -0.4 is 4.74 Å². The van der Waals surface area contributed by atoms with Crippen LogP contribution in [0.25, 0.3) is 10.2 Å². The lowest BCUT2D eigenvalue weighted by Crippen LogP contribution is -1.97. The van der Waals surface area contributed by atoms with Crippen LogP contribution in [-0.4, -0.2) is 4.98 Å². The molecule has 96 valence electrons. The van der Waals surface area contributed by atoms with Crippen molar-refractivity contribution in [2.45, 2.75) is 13.5 Å². The molecule has 2 nitrogen and oxygen atoms in total. The standard InChI is InChI=1S/C15H12FNOS/c1-10-6-7-11(16)13(8-10)18-9-15-17-12-4-2-3-5-14(12)19-15/h2-8H,9H2,1H3. The van der Waals surface area contributed by atoms with Crippen LogP contribution in [0, 0.1) is 12.7 Å². The number of rotatable bonds is 3. The fourth-order valence-electron chi connectivity index (χ4n) is 1.84. The van der Waals surface area contributed by atoms with Crippen LogP contribution in [0.5, 0.6) is 5.75 Å². The molecule has 0 aliphatic rings. The van der Waals surface area contributed by atoms with Crippen molar-refractivity contribution in [3.05, 3.63) is 58.9 Å². The van der Waals surface area contributed by atoms with E-state index < -0.39 is 0 Å². The van der Waals surface area contributed by atoms with Gasteiger partial charge in [-0.15, -0.1) is 11.3 Å². The van der Waals surface area contributed by atoms with Gasteiger partial charge in [0, 0.05) is 0 Å². The minimum atomic E-state index is -0.341. The zero-order valence-corrected chi connectivity index (χ0v) is 11.2. The molecule has 0 radical (unpaired) electrons. The Morgan fingerprint density at radius 2 is 2.05 bits per heavy atom. The second-order valence-electron chi connectivity index (χ2n) is 4.30. The minimum Gasteiger partial charge on any atom is -0.483 e. The molecule has 0 saturated carbocycles. The molecule has 3 rings (SSSR count). The van der Waals surface area contributed by atoms with Gasteiger partial charge in [0.15, 0.2) is 11.6 Å². The highest BCUT2D eigenvalue weighted by Gasteiger charge is 2.07. The van der Waals surface area contributed by atoms with E-state index in [9.17, 15) is 4.39 Å². The molecule has 1 heterocycles. The molecule has 0 atom stereocenters. The maximum absolute atomic E-state index is 13.5. The predicted octanol–water partition coefficient (Wildman–Crippen LogP) is 4.32. The van der Waals surface area contributed by atoms with E-state index in [0.29, 0.717) is 6.61 Å². The monoisotopic (exact) mass is 273 g/mol. The van der Waals surface area contributed by atoms with Gasteiger partial charge in [-0.25, -0.2) is 9.37 Å². The van der Waals surface area contributed by atoms with Crippen LogP contribution in [-0.2, 0) is 6.61 Å². The summed E-state index contributed by atoms with van der Waals surface area (Å²) in [6.45, 7) is 2.20. The van der Waals surface area contributed by atoms with Gasteiger partial charge in [0.2, 0.25) is 0 Å². The highest BCUT2D eigenvalue weighted by atomic mass is 32.1. The molecule has 1 aromatic heterocycles. The molecule has 0 spiro atoms. The van der Waals surface area contributed by atoms with E-state index >= 15 is 0 Å². The van der Waals surface area contributed by atoms with Gasteiger partial charge in [-0.3, -0.25) is 0 Å². The van der Waals surface area contributed by atoms with Crippen LogP contribution >= 0.6 is 11.3 Å². The fourth-order valence-corrected chi connectivity index (χ4v) is 2.72. The molecule has 19 heavy (non-hydrogen) atoms. The van der Waals surface area contributed by atoms with Gasteiger partial charge in [0.1, 0.15) is 11.6 Å². The zero-order valence-electron chi connectivity index (χ0n) is 10.4. The van der Waals surface area contributed by atoms with E-state index in [4.69, 9.17) is 4.74 Å². The first-order chi connectivity index (χ1) is 9.22. The third-order valence-corrected chi connectivity index (χ3v) is 3.79. The summed E-state index contributed by atoms with van der Waals surface area (Å²) in [5, 5.41) is 0.849. The molecule has 4 heteroatoms. The van der Waals surface area contributed by atoms with Gasteiger partial charge in [0.25, 0.3) is 0 Å². The Balaban J connectivity index is 1.80. The molecule has 0 fully saturated rings. The van der Waals surface area contributed by atoms with Crippen molar-refractivity contribution in [2.75, 3.05) is 0 Å². The predicted molar refractivity (Wildman–Crippen MR) is 75.1 cm³/mol. The van der Waals surface area contributed by atoms with Gasteiger partial charge in [-0.2, -0.15) is 0 Å². The Morgan fingerprint density at radius 1 is 1.21 bits per heavy atom. The van der Waals surface area contributed by atoms with E-state index in [1.165, 1.54) is 6.07 Å². The maximum atomic E-state index is 13.5. The van der Waals surface area contributed by atoms with Crippen molar-refractivity contribution < 1.29 is 9.13 Å². The molecule has 0 unspecified atom stereocenters. The second kappa shape index (κ2) is 4.97. The number of halogens is 1. The van der Waals surface area contributed by atoms with Gasteiger partial charge >= 0.3 is 0 Å². The fraction of sp³-hybridized carbons (Fsp3) is 0.133. The normalized spacial score (nSPS) is 10.8. The minimum absolute atomic E-state index is 0.277. The van der Waals surface area contributed by atoms with Crippen LogP contribution in [0.2, 0.25) is 0 Å². The number of para-hydroxylation sites is 1. The lowest BCUT2D eigenvalue weighted by molar-refractivity contribution is 0.290. The summed E-state index contributed by atoms with van der Waals surface area (Å²) in [5.74, 6) is -0.0639. The Kier molecular flexibility index (Phi) is 3.17. The van der Waals surface area contributed by atoms with Gasteiger partial charge in [-0.05, 0) is 36.8 Å². The van der Waals surface area contributed by atoms with E-state index in [0.717, 1.165) is 20.8 Å². The molecular weight excluding hydrogens is 261 g/mol. The average molecular weight is 273 g/mol. The van der Waals surface area contributed by atoms with Gasteiger partial charge in [-0.1, -0.05) is 18.2 Å². The van der Waals surface area contributed by atoms with Crippen LogP contribution in [0.1, 0.15) is 10.6 Å². The number of fused-ring (bicyclic) bond motifs is 1. The smallest absolute Gasteiger partial charge is 0.165 e. The molecule has 2 aromatic carbocycles. The topological polar surface area (TPSA) is 22.1 Å². The molecule has 0 aliphatic heterocycles. The summed E-state index contributed by atoms with van der Waals surface area (Å²) < 4.78 is 20.2. The van der Waals surface area contributed by atoms with Crippen LogP contribution in [0.4, 0.5) is 4.39 Å². The SMILES string of the molecule is Cc1ccc(F)c(OCc2nc3ccccc3s2)c1.